The van der Waals surface area contributed by atoms with Gasteiger partial charge in [0.1, 0.15) is 5.82 Å². The molecule has 24 heavy (non-hydrogen) atoms. The molecule has 132 valence electrons. The number of hydrogen-bond donors (Lipinski definition) is 0. The summed E-state index contributed by atoms with van der Waals surface area (Å²) in [5.41, 5.74) is 0.690. The number of rotatable bonds is 4. The lowest BCUT2D eigenvalue weighted by Gasteiger charge is -2.36. The van der Waals surface area contributed by atoms with Crippen molar-refractivity contribution in [2.75, 3.05) is 50.7 Å². The monoisotopic (exact) mass is 333 g/mol. The fourth-order valence-electron chi connectivity index (χ4n) is 3.59. The van der Waals surface area contributed by atoms with Crippen molar-refractivity contribution in [1.29, 1.82) is 0 Å². The minimum Gasteiger partial charge on any atom is -0.367 e. The highest BCUT2D eigenvalue weighted by atomic mass is 19.1. The molecule has 1 amide bonds. The van der Waals surface area contributed by atoms with E-state index in [0.29, 0.717) is 18.0 Å². The molecule has 5 heteroatoms. The summed E-state index contributed by atoms with van der Waals surface area (Å²) < 4.78 is 13.9. The Morgan fingerprint density at radius 1 is 1.08 bits per heavy atom. The minimum atomic E-state index is -0.152. The first-order valence-electron chi connectivity index (χ1n) is 9.13. The fourth-order valence-corrected chi connectivity index (χ4v) is 3.59. The molecule has 0 atom stereocenters. The van der Waals surface area contributed by atoms with Crippen LogP contribution in [0.15, 0.2) is 24.3 Å². The van der Waals surface area contributed by atoms with E-state index in [9.17, 15) is 9.18 Å². The van der Waals surface area contributed by atoms with Crippen LogP contribution in [0.25, 0.3) is 0 Å². The number of halogens is 1. The number of anilines is 1. The van der Waals surface area contributed by atoms with Crippen molar-refractivity contribution >= 4 is 11.6 Å². The average Bonchev–Trinajstić information content (AvgIpc) is 2.61. The van der Waals surface area contributed by atoms with Crippen LogP contribution in [0.4, 0.5) is 10.1 Å². The molecule has 0 spiro atoms. The van der Waals surface area contributed by atoms with E-state index >= 15 is 0 Å². The minimum absolute atomic E-state index is 0.152. The number of nitrogens with zero attached hydrogens (tertiary/aromatic N) is 3. The van der Waals surface area contributed by atoms with Crippen molar-refractivity contribution in [3.63, 3.8) is 0 Å². The number of amides is 1. The first kappa shape index (κ1) is 17.2. The summed E-state index contributed by atoms with van der Waals surface area (Å²) in [6.45, 7) is 8.32. The van der Waals surface area contributed by atoms with Crippen molar-refractivity contribution in [2.24, 2.45) is 5.92 Å². The number of carbonyl (C=O) groups excluding carboxylic acids is 1. The Morgan fingerprint density at radius 2 is 1.75 bits per heavy atom. The summed E-state index contributed by atoms with van der Waals surface area (Å²) in [6.07, 6.45) is 2.87. The number of piperazine rings is 1. The maximum Gasteiger partial charge on any atom is 0.223 e. The van der Waals surface area contributed by atoms with Gasteiger partial charge >= 0.3 is 0 Å². The molecule has 4 nitrogen and oxygen atoms in total. The summed E-state index contributed by atoms with van der Waals surface area (Å²) in [6, 6.07) is 6.96. The summed E-state index contributed by atoms with van der Waals surface area (Å²) in [5.74, 6) is 0.888. The highest BCUT2D eigenvalue weighted by Gasteiger charge is 2.23. The third-order valence-electron chi connectivity index (χ3n) is 5.34. The van der Waals surface area contributed by atoms with Crippen molar-refractivity contribution in [3.05, 3.63) is 30.1 Å². The molecule has 0 aromatic heterocycles. The number of benzene rings is 1. The SMILES string of the molecule is CC1CCN(C(=O)CCN2CCN(c3ccccc3F)CC2)CC1. The summed E-state index contributed by atoms with van der Waals surface area (Å²) in [7, 11) is 0. The number of likely N-dealkylation sites (tertiary alicyclic amines) is 1. The zero-order chi connectivity index (χ0) is 16.9. The zero-order valence-corrected chi connectivity index (χ0v) is 14.6. The largest absolute Gasteiger partial charge is 0.367 e. The van der Waals surface area contributed by atoms with Crippen molar-refractivity contribution in [1.82, 2.24) is 9.80 Å². The van der Waals surface area contributed by atoms with E-state index < -0.39 is 0 Å². The van der Waals surface area contributed by atoms with E-state index in [4.69, 9.17) is 0 Å². The van der Waals surface area contributed by atoms with Gasteiger partial charge in [-0.15, -0.1) is 0 Å². The number of carbonyl (C=O) groups is 1. The predicted molar refractivity (Wildman–Crippen MR) is 94.6 cm³/mol. The highest BCUT2D eigenvalue weighted by molar-refractivity contribution is 5.76. The van der Waals surface area contributed by atoms with Crippen LogP contribution in [-0.2, 0) is 4.79 Å². The lowest BCUT2D eigenvalue weighted by Crippen LogP contribution is -2.48. The molecule has 0 aliphatic carbocycles. The van der Waals surface area contributed by atoms with Gasteiger partial charge in [-0.05, 0) is 30.9 Å². The topological polar surface area (TPSA) is 26.8 Å². The summed E-state index contributed by atoms with van der Waals surface area (Å²) in [4.78, 5) is 18.8. The van der Waals surface area contributed by atoms with Gasteiger partial charge in [-0.1, -0.05) is 19.1 Å². The van der Waals surface area contributed by atoms with E-state index in [2.05, 4.69) is 16.7 Å². The first-order valence-corrected chi connectivity index (χ1v) is 9.13. The predicted octanol–water partition coefficient (Wildman–Crippen LogP) is 2.60. The molecule has 2 saturated heterocycles. The molecular formula is C19H28FN3O. The Bertz CT molecular complexity index is 549. The molecule has 3 rings (SSSR count). The van der Waals surface area contributed by atoms with Gasteiger partial charge in [0.15, 0.2) is 0 Å². The maximum absolute atomic E-state index is 13.9. The third kappa shape index (κ3) is 4.26. The maximum atomic E-state index is 13.9. The fraction of sp³-hybridized carbons (Fsp3) is 0.632. The summed E-state index contributed by atoms with van der Waals surface area (Å²) >= 11 is 0. The van der Waals surface area contributed by atoms with Gasteiger partial charge in [0.2, 0.25) is 5.91 Å². The molecule has 2 aliphatic heterocycles. The lowest BCUT2D eigenvalue weighted by molar-refractivity contribution is -0.132. The summed E-state index contributed by atoms with van der Waals surface area (Å²) in [5, 5.41) is 0. The van der Waals surface area contributed by atoms with Crippen molar-refractivity contribution in [2.45, 2.75) is 26.2 Å². The molecule has 0 radical (unpaired) electrons. The Balaban J connectivity index is 1.41. The third-order valence-corrected chi connectivity index (χ3v) is 5.34. The van der Waals surface area contributed by atoms with Crippen LogP contribution >= 0.6 is 0 Å². The van der Waals surface area contributed by atoms with Gasteiger partial charge in [0.25, 0.3) is 0 Å². The zero-order valence-electron chi connectivity index (χ0n) is 14.6. The smallest absolute Gasteiger partial charge is 0.223 e. The lowest BCUT2D eigenvalue weighted by atomic mass is 9.99. The Kier molecular flexibility index (Phi) is 5.72. The van der Waals surface area contributed by atoms with Crippen molar-refractivity contribution in [3.8, 4) is 0 Å². The van der Waals surface area contributed by atoms with E-state index in [-0.39, 0.29) is 5.82 Å². The van der Waals surface area contributed by atoms with Crippen LogP contribution in [0.2, 0.25) is 0 Å². The first-order chi connectivity index (χ1) is 11.6. The standard InChI is InChI=1S/C19H28FN3O/c1-16-6-10-23(11-7-16)19(24)8-9-21-12-14-22(15-13-21)18-5-3-2-4-17(18)20/h2-5,16H,6-15H2,1H3. The molecule has 2 heterocycles. The van der Waals surface area contributed by atoms with Crippen LogP contribution in [0.1, 0.15) is 26.2 Å². The van der Waals surface area contributed by atoms with Crippen LogP contribution in [-0.4, -0.2) is 61.5 Å². The Hall–Kier alpha value is -1.62. The van der Waals surface area contributed by atoms with Gasteiger partial charge in [-0.25, -0.2) is 4.39 Å². The second-order valence-electron chi connectivity index (χ2n) is 7.09. The highest BCUT2D eigenvalue weighted by Crippen LogP contribution is 2.20. The number of piperidine rings is 1. The van der Waals surface area contributed by atoms with Gasteiger partial charge in [0.05, 0.1) is 5.69 Å². The van der Waals surface area contributed by atoms with Crippen LogP contribution in [0, 0.1) is 11.7 Å². The van der Waals surface area contributed by atoms with Crippen LogP contribution in [0.3, 0.4) is 0 Å². The van der Waals surface area contributed by atoms with E-state index in [1.165, 1.54) is 6.07 Å². The molecule has 2 aliphatic rings. The van der Waals surface area contributed by atoms with Gasteiger partial charge in [0, 0.05) is 52.2 Å². The molecule has 0 saturated carbocycles. The quantitative estimate of drug-likeness (QED) is 0.847. The van der Waals surface area contributed by atoms with E-state index in [1.54, 1.807) is 6.07 Å². The Labute approximate surface area is 144 Å². The number of para-hydroxylation sites is 1. The van der Waals surface area contributed by atoms with Crippen molar-refractivity contribution < 1.29 is 9.18 Å². The Morgan fingerprint density at radius 3 is 2.42 bits per heavy atom. The average molecular weight is 333 g/mol. The van der Waals surface area contributed by atoms with Gasteiger partial charge in [-0.3, -0.25) is 9.69 Å². The normalized spacial score (nSPS) is 20.4. The second-order valence-corrected chi connectivity index (χ2v) is 7.09. The van der Waals surface area contributed by atoms with E-state index in [1.807, 2.05) is 17.0 Å². The van der Waals surface area contributed by atoms with Crippen LogP contribution < -0.4 is 4.90 Å². The second kappa shape index (κ2) is 7.97. The molecule has 1 aromatic carbocycles. The van der Waals surface area contributed by atoms with E-state index in [0.717, 1.165) is 64.6 Å². The number of hydrogen-bond acceptors (Lipinski definition) is 3. The molecule has 0 N–H and O–H groups in total. The molecule has 0 bridgehead atoms. The molecular weight excluding hydrogens is 305 g/mol. The molecule has 1 aromatic rings. The van der Waals surface area contributed by atoms with Crippen LogP contribution in [0.5, 0.6) is 0 Å². The molecule has 2 fully saturated rings. The van der Waals surface area contributed by atoms with Gasteiger partial charge < -0.3 is 9.80 Å². The van der Waals surface area contributed by atoms with Gasteiger partial charge in [-0.2, -0.15) is 0 Å². The molecule has 0 unspecified atom stereocenters.